The minimum atomic E-state index is -2.48. The molecule has 0 spiro atoms. The molecular weight excluding hydrogens is 345 g/mol. The molecule has 0 saturated heterocycles. The maximum Gasteiger partial charge on any atom is 0.261 e. The Kier molecular flexibility index (Phi) is 5.66. The number of nitrogens with zero attached hydrogens (tertiary/aromatic N) is 2. The van der Waals surface area contributed by atoms with Crippen molar-refractivity contribution in [1.29, 1.82) is 0 Å². The van der Waals surface area contributed by atoms with E-state index in [1.165, 1.54) is 0 Å². The Labute approximate surface area is 135 Å². The van der Waals surface area contributed by atoms with Gasteiger partial charge in [0.2, 0.25) is 0 Å². The van der Waals surface area contributed by atoms with Crippen LogP contribution in [0.25, 0.3) is 11.0 Å². The fourth-order valence-electron chi connectivity index (χ4n) is 2.01. The molecule has 3 nitrogen and oxygen atoms in total. The molecule has 0 bridgehead atoms. The van der Waals surface area contributed by atoms with E-state index in [1.54, 1.807) is 23.6 Å². The van der Waals surface area contributed by atoms with Gasteiger partial charge in [-0.25, -0.2) is 13.8 Å². The first-order valence-electron chi connectivity index (χ1n) is 6.25. The Morgan fingerprint density at radius 2 is 1.95 bits per heavy atom. The zero-order valence-electron chi connectivity index (χ0n) is 11.1. The highest BCUT2D eigenvalue weighted by atomic mass is 35.5. The van der Waals surface area contributed by atoms with Gasteiger partial charge in [0, 0.05) is 6.54 Å². The Morgan fingerprint density at radius 1 is 1.29 bits per heavy atom. The monoisotopic (exact) mass is 356 g/mol. The summed E-state index contributed by atoms with van der Waals surface area (Å²) in [7, 11) is 0. The fraction of sp³-hybridized carbons (Fsp3) is 0.462. The van der Waals surface area contributed by atoms with Crippen LogP contribution in [0.15, 0.2) is 12.1 Å². The highest BCUT2D eigenvalue weighted by Gasteiger charge is 2.16. The molecule has 2 rings (SSSR count). The Bertz CT molecular complexity index is 631. The van der Waals surface area contributed by atoms with Crippen molar-refractivity contribution >= 4 is 45.8 Å². The van der Waals surface area contributed by atoms with E-state index >= 15 is 0 Å². The number of fused-ring (bicyclic) bond motifs is 1. The molecular formula is C13H13Cl3F2N2O. The number of rotatable bonds is 6. The van der Waals surface area contributed by atoms with Crippen molar-refractivity contribution in [2.24, 2.45) is 0 Å². The Balaban J connectivity index is 2.30. The number of hydrogen-bond donors (Lipinski definition) is 0. The van der Waals surface area contributed by atoms with Gasteiger partial charge in [0.05, 0.1) is 33.1 Å². The molecule has 8 heteroatoms. The van der Waals surface area contributed by atoms with Crippen LogP contribution in [0.4, 0.5) is 8.78 Å². The van der Waals surface area contributed by atoms with Gasteiger partial charge in [0.25, 0.3) is 6.43 Å². The van der Waals surface area contributed by atoms with Crippen LogP contribution in [-0.4, -0.2) is 29.2 Å². The summed E-state index contributed by atoms with van der Waals surface area (Å²) >= 11 is 18.1. The van der Waals surface area contributed by atoms with E-state index in [0.29, 0.717) is 27.9 Å². The maximum absolute atomic E-state index is 12.1. The molecule has 0 N–H and O–H groups in total. The Morgan fingerprint density at radius 3 is 2.57 bits per heavy atom. The molecule has 0 aliphatic carbocycles. The molecule has 1 atom stereocenters. The molecule has 0 radical (unpaired) electrons. The lowest BCUT2D eigenvalue weighted by molar-refractivity contribution is 0.0148. The van der Waals surface area contributed by atoms with E-state index in [2.05, 4.69) is 4.98 Å². The average molecular weight is 358 g/mol. The molecule has 1 aromatic heterocycles. The molecule has 0 aliphatic heterocycles. The summed E-state index contributed by atoms with van der Waals surface area (Å²) in [4.78, 5) is 4.41. The predicted molar refractivity (Wildman–Crippen MR) is 80.8 cm³/mol. The highest BCUT2D eigenvalue weighted by molar-refractivity contribution is 6.42. The zero-order chi connectivity index (χ0) is 15.6. The summed E-state index contributed by atoms with van der Waals surface area (Å²) in [5, 5.41) is 0.453. The predicted octanol–water partition coefficient (Wildman–Crippen LogP) is 4.92. The lowest BCUT2D eigenvalue weighted by Crippen LogP contribution is -2.13. The number of aromatic nitrogens is 2. The first-order valence-corrected chi connectivity index (χ1v) is 7.44. The number of imidazole rings is 1. The molecule has 116 valence electrons. The van der Waals surface area contributed by atoms with Crippen molar-refractivity contribution in [3.8, 4) is 0 Å². The Hall–Kier alpha value is -0.620. The van der Waals surface area contributed by atoms with Gasteiger partial charge in [-0.15, -0.1) is 11.6 Å². The SMILES string of the molecule is CC(Cl)c1nc2cc(Cl)c(Cl)cc2n1CCOCC(F)F. The first kappa shape index (κ1) is 16.7. The summed E-state index contributed by atoms with van der Waals surface area (Å²) < 4.78 is 30.8. The number of ether oxygens (including phenoxy) is 1. The van der Waals surface area contributed by atoms with Gasteiger partial charge in [0.1, 0.15) is 12.4 Å². The van der Waals surface area contributed by atoms with Gasteiger partial charge in [-0.2, -0.15) is 0 Å². The van der Waals surface area contributed by atoms with E-state index in [4.69, 9.17) is 39.5 Å². The minimum Gasteiger partial charge on any atom is -0.374 e. The minimum absolute atomic E-state index is 0.132. The first-order chi connectivity index (χ1) is 9.90. The number of hydrogen-bond acceptors (Lipinski definition) is 2. The van der Waals surface area contributed by atoms with Gasteiger partial charge in [-0.05, 0) is 19.1 Å². The summed E-state index contributed by atoms with van der Waals surface area (Å²) in [5.74, 6) is 0.616. The molecule has 1 aromatic carbocycles. The molecule has 2 aromatic rings. The van der Waals surface area contributed by atoms with Crippen LogP contribution in [-0.2, 0) is 11.3 Å². The number of benzene rings is 1. The van der Waals surface area contributed by atoms with E-state index in [1.807, 2.05) is 0 Å². The van der Waals surface area contributed by atoms with Crippen LogP contribution in [0.5, 0.6) is 0 Å². The van der Waals surface area contributed by atoms with Crippen LogP contribution in [0, 0.1) is 0 Å². The molecule has 1 unspecified atom stereocenters. The average Bonchev–Trinajstić information content (AvgIpc) is 2.73. The summed E-state index contributed by atoms with van der Waals surface area (Å²) in [6.45, 7) is 1.67. The van der Waals surface area contributed by atoms with Crippen molar-refractivity contribution < 1.29 is 13.5 Å². The van der Waals surface area contributed by atoms with Crippen LogP contribution < -0.4 is 0 Å². The van der Waals surface area contributed by atoms with Gasteiger partial charge >= 0.3 is 0 Å². The summed E-state index contributed by atoms with van der Waals surface area (Å²) in [5.41, 5.74) is 1.40. The summed E-state index contributed by atoms with van der Waals surface area (Å²) in [6, 6.07) is 3.33. The number of halogens is 5. The van der Waals surface area contributed by atoms with Crippen LogP contribution in [0.3, 0.4) is 0 Å². The lowest BCUT2D eigenvalue weighted by atomic mass is 10.3. The fourth-order valence-corrected chi connectivity index (χ4v) is 2.49. The van der Waals surface area contributed by atoms with E-state index in [0.717, 1.165) is 5.52 Å². The van der Waals surface area contributed by atoms with Gasteiger partial charge in [0.15, 0.2) is 0 Å². The molecule has 21 heavy (non-hydrogen) atoms. The molecule has 0 aliphatic rings. The topological polar surface area (TPSA) is 27.1 Å². The van der Waals surface area contributed by atoms with Gasteiger partial charge < -0.3 is 9.30 Å². The van der Waals surface area contributed by atoms with E-state index in [9.17, 15) is 8.78 Å². The van der Waals surface area contributed by atoms with Crippen LogP contribution >= 0.6 is 34.8 Å². The van der Waals surface area contributed by atoms with Crippen molar-refractivity contribution in [2.75, 3.05) is 13.2 Å². The number of alkyl halides is 3. The van der Waals surface area contributed by atoms with Crippen molar-refractivity contribution in [3.63, 3.8) is 0 Å². The normalized spacial score (nSPS) is 13.3. The zero-order valence-corrected chi connectivity index (χ0v) is 13.4. The molecule has 0 amide bonds. The lowest BCUT2D eigenvalue weighted by Gasteiger charge is -2.11. The van der Waals surface area contributed by atoms with Crippen LogP contribution in [0.2, 0.25) is 10.0 Å². The molecule has 0 fully saturated rings. The molecule has 1 heterocycles. The quantitative estimate of drug-likeness (QED) is 0.542. The smallest absolute Gasteiger partial charge is 0.261 e. The second-order valence-corrected chi connectivity index (χ2v) is 5.93. The molecule has 0 saturated carbocycles. The van der Waals surface area contributed by atoms with E-state index in [-0.39, 0.29) is 12.0 Å². The van der Waals surface area contributed by atoms with Crippen molar-refractivity contribution in [2.45, 2.75) is 25.3 Å². The second-order valence-electron chi connectivity index (χ2n) is 4.46. The third-order valence-electron chi connectivity index (χ3n) is 2.88. The van der Waals surface area contributed by atoms with Crippen molar-refractivity contribution in [3.05, 3.63) is 28.0 Å². The van der Waals surface area contributed by atoms with Gasteiger partial charge in [-0.1, -0.05) is 23.2 Å². The van der Waals surface area contributed by atoms with Crippen molar-refractivity contribution in [1.82, 2.24) is 9.55 Å². The largest absolute Gasteiger partial charge is 0.374 e. The third-order valence-corrected chi connectivity index (χ3v) is 3.80. The van der Waals surface area contributed by atoms with E-state index < -0.39 is 13.0 Å². The highest BCUT2D eigenvalue weighted by Crippen LogP contribution is 2.31. The summed E-state index contributed by atoms with van der Waals surface area (Å²) in [6.07, 6.45) is -2.48. The van der Waals surface area contributed by atoms with Gasteiger partial charge in [-0.3, -0.25) is 0 Å². The standard InChI is InChI=1S/C13H13Cl3F2N2O/c1-7(14)13-19-10-4-8(15)9(16)5-11(10)20(13)2-3-21-6-12(17)18/h4-5,7,12H,2-3,6H2,1H3. The van der Waals surface area contributed by atoms with Crippen LogP contribution in [0.1, 0.15) is 18.1 Å². The maximum atomic E-state index is 12.1. The third kappa shape index (κ3) is 3.97. The second kappa shape index (κ2) is 7.09.